The fourth-order valence-electron chi connectivity index (χ4n) is 2.82. The summed E-state index contributed by atoms with van der Waals surface area (Å²) in [6.07, 6.45) is 0. The van der Waals surface area contributed by atoms with E-state index in [1.807, 2.05) is 24.3 Å². The Kier molecular flexibility index (Phi) is 5.35. The molecular formula is C22H17ClN2O4. The zero-order valence-corrected chi connectivity index (χ0v) is 16.3. The first-order valence-corrected chi connectivity index (χ1v) is 9.22. The standard InChI is InChI=1S/C22H17ClN2O4/c1-27-19-5-3-2-4-17(19)22-25-18-11-8-15(12-20(18)29-22)24-21(26)13-28-16-9-6-14(23)7-10-16/h2-12H,13H2,1H3,(H,24,26). The van der Waals surface area contributed by atoms with Crippen LogP contribution in [0.2, 0.25) is 5.02 Å². The molecule has 1 heterocycles. The third kappa shape index (κ3) is 4.33. The maximum atomic E-state index is 12.2. The van der Waals surface area contributed by atoms with E-state index in [9.17, 15) is 4.79 Å². The Morgan fingerprint density at radius 3 is 2.69 bits per heavy atom. The van der Waals surface area contributed by atoms with Crippen LogP contribution < -0.4 is 14.8 Å². The van der Waals surface area contributed by atoms with Gasteiger partial charge < -0.3 is 19.2 Å². The first kappa shape index (κ1) is 18.8. The number of aromatic nitrogens is 1. The predicted octanol–water partition coefficient (Wildman–Crippen LogP) is 5.17. The van der Waals surface area contributed by atoms with Crippen LogP contribution in [-0.2, 0) is 4.79 Å². The minimum absolute atomic E-state index is 0.122. The van der Waals surface area contributed by atoms with Crippen molar-refractivity contribution in [3.8, 4) is 23.0 Å². The number of nitrogens with zero attached hydrogens (tertiary/aromatic N) is 1. The van der Waals surface area contributed by atoms with Crippen molar-refractivity contribution in [2.75, 3.05) is 19.0 Å². The molecule has 0 atom stereocenters. The molecule has 0 saturated carbocycles. The number of benzene rings is 3. The van der Waals surface area contributed by atoms with E-state index in [1.165, 1.54) is 0 Å². The Bertz CT molecular complexity index is 1160. The zero-order valence-electron chi connectivity index (χ0n) is 15.5. The number of hydrogen-bond acceptors (Lipinski definition) is 5. The second kappa shape index (κ2) is 8.24. The van der Waals surface area contributed by atoms with E-state index in [1.54, 1.807) is 49.6 Å². The van der Waals surface area contributed by atoms with Crippen LogP contribution >= 0.6 is 11.6 Å². The van der Waals surface area contributed by atoms with Gasteiger partial charge in [0.1, 0.15) is 17.0 Å². The molecule has 0 fully saturated rings. The molecule has 7 heteroatoms. The average Bonchev–Trinajstić information content (AvgIpc) is 3.16. The van der Waals surface area contributed by atoms with Gasteiger partial charge in [-0.3, -0.25) is 4.79 Å². The lowest BCUT2D eigenvalue weighted by Crippen LogP contribution is -2.20. The maximum Gasteiger partial charge on any atom is 0.262 e. The summed E-state index contributed by atoms with van der Waals surface area (Å²) in [6, 6.07) is 19.6. The number of methoxy groups -OCH3 is 1. The number of rotatable bonds is 6. The molecular weight excluding hydrogens is 392 g/mol. The molecule has 3 aromatic carbocycles. The summed E-state index contributed by atoms with van der Waals surface area (Å²) in [7, 11) is 1.60. The molecule has 0 unspecified atom stereocenters. The van der Waals surface area contributed by atoms with E-state index in [2.05, 4.69) is 10.3 Å². The van der Waals surface area contributed by atoms with Gasteiger partial charge in [0.2, 0.25) is 5.89 Å². The smallest absolute Gasteiger partial charge is 0.262 e. The number of halogens is 1. The Morgan fingerprint density at radius 2 is 1.90 bits per heavy atom. The largest absolute Gasteiger partial charge is 0.496 e. The molecule has 4 aromatic rings. The second-order valence-corrected chi connectivity index (χ2v) is 6.63. The monoisotopic (exact) mass is 408 g/mol. The molecule has 0 saturated heterocycles. The molecule has 6 nitrogen and oxygen atoms in total. The summed E-state index contributed by atoms with van der Waals surface area (Å²) < 4.78 is 16.7. The van der Waals surface area contributed by atoms with Crippen molar-refractivity contribution < 1.29 is 18.7 Å². The molecule has 0 aliphatic carbocycles. The average molecular weight is 409 g/mol. The third-order valence-corrected chi connectivity index (χ3v) is 4.45. The van der Waals surface area contributed by atoms with Gasteiger partial charge in [-0.15, -0.1) is 0 Å². The molecule has 1 aromatic heterocycles. The van der Waals surface area contributed by atoms with E-state index in [-0.39, 0.29) is 12.5 Å². The van der Waals surface area contributed by atoms with E-state index in [0.717, 1.165) is 5.56 Å². The van der Waals surface area contributed by atoms with Crippen LogP contribution in [0, 0.1) is 0 Å². The number of ether oxygens (including phenoxy) is 2. The topological polar surface area (TPSA) is 73.6 Å². The van der Waals surface area contributed by atoms with E-state index < -0.39 is 0 Å². The van der Waals surface area contributed by atoms with Crippen LogP contribution in [0.15, 0.2) is 71.1 Å². The van der Waals surface area contributed by atoms with Gasteiger partial charge in [-0.2, -0.15) is 0 Å². The Morgan fingerprint density at radius 1 is 1.10 bits per heavy atom. The number of para-hydroxylation sites is 1. The van der Waals surface area contributed by atoms with Crippen molar-refractivity contribution in [1.29, 1.82) is 0 Å². The highest BCUT2D eigenvalue weighted by atomic mass is 35.5. The molecule has 0 aliphatic heterocycles. The van der Waals surface area contributed by atoms with Crippen molar-refractivity contribution in [2.45, 2.75) is 0 Å². The van der Waals surface area contributed by atoms with Crippen LogP contribution in [0.1, 0.15) is 0 Å². The number of carbonyl (C=O) groups excluding carboxylic acids is 1. The van der Waals surface area contributed by atoms with Gasteiger partial charge in [-0.1, -0.05) is 23.7 Å². The molecule has 1 N–H and O–H groups in total. The van der Waals surface area contributed by atoms with Gasteiger partial charge in [0.25, 0.3) is 5.91 Å². The Balaban J connectivity index is 1.47. The van der Waals surface area contributed by atoms with E-state index in [0.29, 0.717) is 39.2 Å². The fourth-order valence-corrected chi connectivity index (χ4v) is 2.94. The summed E-state index contributed by atoms with van der Waals surface area (Å²) in [5.74, 6) is 1.40. The van der Waals surface area contributed by atoms with Crippen LogP contribution in [0.25, 0.3) is 22.6 Å². The Labute approximate surface area is 172 Å². The number of amides is 1. The fraction of sp³-hybridized carbons (Fsp3) is 0.0909. The van der Waals surface area contributed by atoms with Gasteiger partial charge in [0, 0.05) is 16.8 Å². The molecule has 0 aliphatic rings. The van der Waals surface area contributed by atoms with Crippen LogP contribution in [0.4, 0.5) is 5.69 Å². The summed E-state index contributed by atoms with van der Waals surface area (Å²) in [6.45, 7) is -0.122. The summed E-state index contributed by atoms with van der Waals surface area (Å²) in [5.41, 5.74) is 2.58. The lowest BCUT2D eigenvalue weighted by atomic mass is 10.2. The molecule has 0 bridgehead atoms. The number of fused-ring (bicyclic) bond motifs is 1. The molecule has 1 amide bonds. The quantitative estimate of drug-likeness (QED) is 0.476. The van der Waals surface area contributed by atoms with E-state index >= 15 is 0 Å². The first-order valence-electron chi connectivity index (χ1n) is 8.84. The van der Waals surface area contributed by atoms with Gasteiger partial charge >= 0.3 is 0 Å². The number of carbonyl (C=O) groups is 1. The minimum Gasteiger partial charge on any atom is -0.496 e. The van der Waals surface area contributed by atoms with Crippen molar-refractivity contribution >= 4 is 34.3 Å². The molecule has 0 radical (unpaired) electrons. The lowest BCUT2D eigenvalue weighted by Gasteiger charge is -2.07. The number of nitrogens with one attached hydrogen (secondary N) is 1. The van der Waals surface area contributed by atoms with Crippen LogP contribution in [0.5, 0.6) is 11.5 Å². The van der Waals surface area contributed by atoms with E-state index in [4.69, 9.17) is 25.5 Å². The molecule has 0 spiro atoms. The Hall–Kier alpha value is -3.51. The van der Waals surface area contributed by atoms with Crippen molar-refractivity contribution in [2.24, 2.45) is 0 Å². The highest BCUT2D eigenvalue weighted by Crippen LogP contribution is 2.32. The van der Waals surface area contributed by atoms with Crippen molar-refractivity contribution in [3.63, 3.8) is 0 Å². The first-order chi connectivity index (χ1) is 14.1. The van der Waals surface area contributed by atoms with Gasteiger partial charge in [-0.25, -0.2) is 4.98 Å². The molecule has 4 rings (SSSR count). The molecule has 29 heavy (non-hydrogen) atoms. The van der Waals surface area contributed by atoms with Crippen molar-refractivity contribution in [1.82, 2.24) is 4.98 Å². The molecule has 146 valence electrons. The number of anilines is 1. The normalized spacial score (nSPS) is 10.7. The summed E-state index contributed by atoms with van der Waals surface area (Å²) >= 11 is 5.83. The lowest BCUT2D eigenvalue weighted by molar-refractivity contribution is -0.118. The highest BCUT2D eigenvalue weighted by molar-refractivity contribution is 6.30. The predicted molar refractivity (Wildman–Crippen MR) is 112 cm³/mol. The highest BCUT2D eigenvalue weighted by Gasteiger charge is 2.13. The minimum atomic E-state index is -0.288. The SMILES string of the molecule is COc1ccccc1-c1nc2ccc(NC(=O)COc3ccc(Cl)cc3)cc2o1. The second-order valence-electron chi connectivity index (χ2n) is 6.19. The zero-order chi connectivity index (χ0) is 20.2. The van der Waals surface area contributed by atoms with Gasteiger partial charge in [-0.05, 0) is 48.5 Å². The van der Waals surface area contributed by atoms with Crippen molar-refractivity contribution in [3.05, 3.63) is 71.8 Å². The van der Waals surface area contributed by atoms with Crippen LogP contribution in [-0.4, -0.2) is 24.6 Å². The number of hydrogen-bond donors (Lipinski definition) is 1. The third-order valence-electron chi connectivity index (χ3n) is 4.19. The summed E-state index contributed by atoms with van der Waals surface area (Å²) in [5, 5.41) is 3.39. The maximum absolute atomic E-state index is 12.2. The van der Waals surface area contributed by atoms with Gasteiger partial charge in [0.15, 0.2) is 12.2 Å². The van der Waals surface area contributed by atoms with Gasteiger partial charge in [0.05, 0.1) is 12.7 Å². The summed E-state index contributed by atoms with van der Waals surface area (Å²) in [4.78, 5) is 16.7. The number of oxazole rings is 1. The van der Waals surface area contributed by atoms with Crippen LogP contribution in [0.3, 0.4) is 0 Å².